The molecule has 2 saturated heterocycles. The number of nitrogens with zero attached hydrogens (tertiary/aromatic N) is 3. The zero-order chi connectivity index (χ0) is 12.7. The lowest BCUT2D eigenvalue weighted by molar-refractivity contribution is 0.0774. The maximum atomic E-state index is 12.5. The minimum atomic E-state index is 0.120. The molecular formula is C13H20N4O. The number of hydrogen-bond donors (Lipinski definition) is 1. The molecule has 98 valence electrons. The van der Waals surface area contributed by atoms with Gasteiger partial charge in [-0.25, -0.2) is 0 Å². The molecule has 1 amide bonds. The number of nitrogens with one attached hydrogen (secondary N) is 1. The molecule has 0 aromatic carbocycles. The van der Waals surface area contributed by atoms with Crippen LogP contribution in [0.15, 0.2) is 6.07 Å². The third-order valence-electron chi connectivity index (χ3n) is 4.11. The van der Waals surface area contributed by atoms with Crippen LogP contribution >= 0.6 is 0 Å². The first-order valence-corrected chi connectivity index (χ1v) is 6.68. The van der Waals surface area contributed by atoms with Crippen molar-refractivity contribution in [1.29, 1.82) is 0 Å². The predicted molar refractivity (Wildman–Crippen MR) is 68.4 cm³/mol. The Hall–Kier alpha value is -1.36. The Bertz CT molecular complexity index is 454. The molecule has 3 heterocycles. The highest BCUT2D eigenvalue weighted by Gasteiger charge is 2.37. The van der Waals surface area contributed by atoms with Crippen LogP contribution < -0.4 is 5.32 Å². The monoisotopic (exact) mass is 248 g/mol. The van der Waals surface area contributed by atoms with Gasteiger partial charge >= 0.3 is 0 Å². The quantitative estimate of drug-likeness (QED) is 0.789. The van der Waals surface area contributed by atoms with E-state index in [1.165, 1.54) is 12.8 Å². The summed E-state index contributed by atoms with van der Waals surface area (Å²) in [5.41, 5.74) is 1.60. The average molecular weight is 248 g/mol. The van der Waals surface area contributed by atoms with E-state index in [0.717, 1.165) is 25.3 Å². The van der Waals surface area contributed by atoms with Crippen LogP contribution in [0.3, 0.4) is 0 Å². The molecule has 1 aromatic heterocycles. The van der Waals surface area contributed by atoms with Crippen LogP contribution in [-0.2, 0) is 7.05 Å². The Balaban J connectivity index is 1.76. The SMILES string of the molecule is Cc1cc(C(=O)N2CC3CCCNC3C2)n(C)n1. The van der Waals surface area contributed by atoms with E-state index < -0.39 is 0 Å². The third kappa shape index (κ3) is 1.92. The van der Waals surface area contributed by atoms with Crippen molar-refractivity contribution >= 4 is 5.91 Å². The summed E-state index contributed by atoms with van der Waals surface area (Å²) in [6.07, 6.45) is 2.47. The van der Waals surface area contributed by atoms with E-state index in [1.54, 1.807) is 4.68 Å². The van der Waals surface area contributed by atoms with Crippen LogP contribution in [-0.4, -0.2) is 46.3 Å². The summed E-state index contributed by atoms with van der Waals surface area (Å²) in [5, 5.41) is 7.77. The van der Waals surface area contributed by atoms with E-state index >= 15 is 0 Å². The number of carbonyl (C=O) groups is 1. The van der Waals surface area contributed by atoms with Gasteiger partial charge in [-0.1, -0.05) is 0 Å². The molecule has 0 spiro atoms. The fourth-order valence-electron chi connectivity index (χ4n) is 3.19. The second kappa shape index (κ2) is 4.39. The van der Waals surface area contributed by atoms with Crippen LogP contribution in [0.4, 0.5) is 0 Å². The maximum absolute atomic E-state index is 12.5. The lowest BCUT2D eigenvalue weighted by atomic mass is 9.94. The minimum absolute atomic E-state index is 0.120. The number of aromatic nitrogens is 2. The average Bonchev–Trinajstić information content (AvgIpc) is 2.91. The largest absolute Gasteiger partial charge is 0.335 e. The van der Waals surface area contributed by atoms with Gasteiger partial charge in [-0.15, -0.1) is 0 Å². The van der Waals surface area contributed by atoms with Gasteiger partial charge in [0.05, 0.1) is 5.69 Å². The zero-order valence-corrected chi connectivity index (χ0v) is 11.0. The van der Waals surface area contributed by atoms with Crippen molar-refractivity contribution in [2.24, 2.45) is 13.0 Å². The van der Waals surface area contributed by atoms with Crippen LogP contribution in [0, 0.1) is 12.8 Å². The smallest absolute Gasteiger partial charge is 0.272 e. The fourth-order valence-corrected chi connectivity index (χ4v) is 3.19. The van der Waals surface area contributed by atoms with Crippen LogP contribution in [0.2, 0.25) is 0 Å². The number of amides is 1. The fraction of sp³-hybridized carbons (Fsp3) is 0.692. The summed E-state index contributed by atoms with van der Waals surface area (Å²) >= 11 is 0. The zero-order valence-electron chi connectivity index (χ0n) is 11.0. The van der Waals surface area contributed by atoms with Gasteiger partial charge in [0, 0.05) is 26.2 Å². The first kappa shape index (κ1) is 11.7. The summed E-state index contributed by atoms with van der Waals surface area (Å²) in [6, 6.07) is 2.37. The van der Waals surface area contributed by atoms with Gasteiger partial charge in [-0.2, -0.15) is 5.10 Å². The van der Waals surface area contributed by atoms with Crippen LogP contribution in [0.5, 0.6) is 0 Å². The van der Waals surface area contributed by atoms with Crippen molar-refractivity contribution in [1.82, 2.24) is 20.0 Å². The lowest BCUT2D eigenvalue weighted by Gasteiger charge is -2.24. The summed E-state index contributed by atoms with van der Waals surface area (Å²) in [7, 11) is 1.83. The second-order valence-electron chi connectivity index (χ2n) is 5.47. The molecule has 0 bridgehead atoms. The molecule has 0 saturated carbocycles. The van der Waals surface area contributed by atoms with Gasteiger partial charge in [0.15, 0.2) is 0 Å². The number of carbonyl (C=O) groups excluding carboxylic acids is 1. The molecule has 2 aliphatic rings. The minimum Gasteiger partial charge on any atom is -0.335 e. The summed E-state index contributed by atoms with van der Waals surface area (Å²) in [5.74, 6) is 0.756. The van der Waals surface area contributed by atoms with Gasteiger partial charge in [-0.05, 0) is 38.3 Å². The van der Waals surface area contributed by atoms with Gasteiger partial charge < -0.3 is 10.2 Å². The van der Waals surface area contributed by atoms with Gasteiger partial charge in [0.2, 0.25) is 0 Å². The molecule has 2 unspecified atom stereocenters. The first-order chi connectivity index (χ1) is 8.65. The molecule has 0 aliphatic carbocycles. The standard InChI is InChI=1S/C13H20N4O/c1-9-6-12(16(2)15-9)13(18)17-7-10-4-3-5-14-11(10)8-17/h6,10-11,14H,3-5,7-8H2,1-2H3. The second-order valence-corrected chi connectivity index (χ2v) is 5.47. The lowest BCUT2D eigenvalue weighted by Crippen LogP contribution is -2.41. The van der Waals surface area contributed by atoms with E-state index in [0.29, 0.717) is 17.7 Å². The molecular weight excluding hydrogens is 228 g/mol. The number of aryl methyl sites for hydroxylation is 2. The number of fused-ring (bicyclic) bond motifs is 1. The highest BCUT2D eigenvalue weighted by molar-refractivity contribution is 5.93. The van der Waals surface area contributed by atoms with Crippen LogP contribution in [0.1, 0.15) is 29.0 Å². The van der Waals surface area contributed by atoms with Crippen molar-refractivity contribution in [2.75, 3.05) is 19.6 Å². The molecule has 5 nitrogen and oxygen atoms in total. The third-order valence-corrected chi connectivity index (χ3v) is 4.11. The molecule has 0 radical (unpaired) electrons. The van der Waals surface area contributed by atoms with E-state index in [1.807, 2.05) is 24.9 Å². The van der Waals surface area contributed by atoms with E-state index in [9.17, 15) is 4.79 Å². The normalized spacial score (nSPS) is 27.3. The van der Waals surface area contributed by atoms with Crippen LogP contribution in [0.25, 0.3) is 0 Å². The molecule has 3 rings (SSSR count). The van der Waals surface area contributed by atoms with E-state index in [4.69, 9.17) is 0 Å². The first-order valence-electron chi connectivity index (χ1n) is 6.68. The highest BCUT2D eigenvalue weighted by atomic mass is 16.2. The summed E-state index contributed by atoms with van der Waals surface area (Å²) in [4.78, 5) is 14.4. The van der Waals surface area contributed by atoms with E-state index in [2.05, 4.69) is 10.4 Å². The Labute approximate surface area is 107 Å². The molecule has 2 atom stereocenters. The molecule has 1 aromatic rings. The molecule has 2 aliphatic heterocycles. The topological polar surface area (TPSA) is 50.2 Å². The Morgan fingerprint density at radius 3 is 3.00 bits per heavy atom. The number of rotatable bonds is 1. The predicted octanol–water partition coefficient (Wildman–Crippen LogP) is 0.553. The summed E-state index contributed by atoms with van der Waals surface area (Å²) in [6.45, 7) is 4.74. The Morgan fingerprint density at radius 2 is 2.33 bits per heavy atom. The molecule has 1 N–H and O–H groups in total. The van der Waals surface area contributed by atoms with Gasteiger partial charge in [-0.3, -0.25) is 9.48 Å². The summed E-state index contributed by atoms with van der Waals surface area (Å²) < 4.78 is 1.69. The molecule has 2 fully saturated rings. The number of piperidine rings is 1. The highest BCUT2D eigenvalue weighted by Crippen LogP contribution is 2.26. The van der Waals surface area contributed by atoms with Crippen molar-refractivity contribution < 1.29 is 4.79 Å². The van der Waals surface area contributed by atoms with E-state index in [-0.39, 0.29) is 5.91 Å². The van der Waals surface area contributed by atoms with Gasteiger partial charge in [0.1, 0.15) is 5.69 Å². The van der Waals surface area contributed by atoms with Crippen molar-refractivity contribution in [3.63, 3.8) is 0 Å². The number of likely N-dealkylation sites (tertiary alicyclic amines) is 1. The van der Waals surface area contributed by atoms with Crippen molar-refractivity contribution in [3.8, 4) is 0 Å². The van der Waals surface area contributed by atoms with Crippen molar-refractivity contribution in [3.05, 3.63) is 17.5 Å². The molecule has 18 heavy (non-hydrogen) atoms. The van der Waals surface area contributed by atoms with Crippen molar-refractivity contribution in [2.45, 2.75) is 25.8 Å². The molecule has 5 heteroatoms. The maximum Gasteiger partial charge on any atom is 0.272 e. The van der Waals surface area contributed by atoms with Gasteiger partial charge in [0.25, 0.3) is 5.91 Å². The number of hydrogen-bond acceptors (Lipinski definition) is 3. The Kier molecular flexibility index (Phi) is 2.86. The Morgan fingerprint density at radius 1 is 1.50 bits per heavy atom.